The fourth-order valence-corrected chi connectivity index (χ4v) is 4.10. The Balaban J connectivity index is 1.43. The number of hydrogen-bond donors (Lipinski definition) is 0. The molecule has 2 amide bonds. The first-order valence-electron chi connectivity index (χ1n) is 10.7. The number of carbonyl (C=O) groups excluding carboxylic acids is 3. The first kappa shape index (κ1) is 21.5. The summed E-state index contributed by atoms with van der Waals surface area (Å²) in [6.07, 6.45) is 1.92. The lowest BCUT2D eigenvalue weighted by atomic mass is 9.94. The Bertz CT molecular complexity index is 761. The van der Waals surface area contributed by atoms with Gasteiger partial charge >= 0.3 is 0 Å². The van der Waals surface area contributed by atoms with Gasteiger partial charge in [-0.15, -0.1) is 0 Å². The summed E-state index contributed by atoms with van der Waals surface area (Å²) in [6, 6.07) is 5.69. The van der Waals surface area contributed by atoms with Crippen molar-refractivity contribution in [3.8, 4) is 0 Å². The molecule has 29 heavy (non-hydrogen) atoms. The molecule has 2 aliphatic rings. The average Bonchev–Trinajstić information content (AvgIpc) is 2.74. The fraction of sp³-hybridized carbons (Fsp3) is 0.609. The Labute approximate surface area is 173 Å². The molecule has 6 heteroatoms. The number of benzene rings is 1. The van der Waals surface area contributed by atoms with Crippen molar-refractivity contribution in [2.45, 2.75) is 39.5 Å². The van der Waals surface area contributed by atoms with Gasteiger partial charge in [-0.2, -0.15) is 0 Å². The Kier molecular flexibility index (Phi) is 7.06. The Morgan fingerprint density at radius 3 is 2.14 bits per heavy atom. The van der Waals surface area contributed by atoms with Crippen molar-refractivity contribution in [1.29, 1.82) is 0 Å². The highest BCUT2D eigenvalue weighted by Crippen LogP contribution is 2.21. The Morgan fingerprint density at radius 2 is 1.52 bits per heavy atom. The number of rotatable bonds is 5. The number of aryl methyl sites for hydroxylation is 2. The molecule has 0 saturated carbocycles. The Morgan fingerprint density at radius 1 is 0.862 bits per heavy atom. The molecule has 0 N–H and O–H groups in total. The molecule has 158 valence electrons. The fourth-order valence-electron chi connectivity index (χ4n) is 4.10. The molecule has 6 nitrogen and oxygen atoms in total. The van der Waals surface area contributed by atoms with Gasteiger partial charge in [0, 0.05) is 63.6 Å². The third kappa shape index (κ3) is 5.44. The predicted octanol–water partition coefficient (Wildman–Crippen LogP) is 2.28. The molecule has 0 aliphatic carbocycles. The number of hydrogen-bond acceptors (Lipinski definition) is 4. The number of likely N-dealkylation sites (tertiary alicyclic amines) is 1. The van der Waals surface area contributed by atoms with Gasteiger partial charge in [0.2, 0.25) is 11.8 Å². The number of nitrogens with zero attached hydrogens (tertiary/aromatic N) is 3. The predicted molar refractivity (Wildman–Crippen MR) is 113 cm³/mol. The molecule has 1 aromatic carbocycles. The molecule has 0 bridgehead atoms. The molecule has 0 aromatic heterocycles. The molecular formula is C23H33N3O3. The third-order valence-corrected chi connectivity index (χ3v) is 6.41. The van der Waals surface area contributed by atoms with E-state index in [2.05, 4.69) is 11.9 Å². The van der Waals surface area contributed by atoms with Gasteiger partial charge in [-0.3, -0.25) is 14.4 Å². The highest BCUT2D eigenvalue weighted by atomic mass is 16.2. The summed E-state index contributed by atoms with van der Waals surface area (Å²) in [6.45, 7) is 8.69. The molecule has 0 radical (unpaired) electrons. The number of amides is 2. The van der Waals surface area contributed by atoms with E-state index in [9.17, 15) is 14.4 Å². The summed E-state index contributed by atoms with van der Waals surface area (Å²) >= 11 is 0. The zero-order valence-corrected chi connectivity index (χ0v) is 17.9. The van der Waals surface area contributed by atoms with E-state index in [1.165, 1.54) is 0 Å². The lowest BCUT2D eigenvalue weighted by Gasteiger charge is -2.37. The lowest BCUT2D eigenvalue weighted by molar-refractivity contribution is -0.141. The number of piperazine rings is 1. The van der Waals surface area contributed by atoms with Crippen LogP contribution in [0.2, 0.25) is 0 Å². The lowest BCUT2D eigenvalue weighted by Crippen LogP contribution is -2.51. The van der Waals surface area contributed by atoms with Crippen molar-refractivity contribution in [3.63, 3.8) is 0 Å². The van der Waals surface area contributed by atoms with Crippen LogP contribution in [0.25, 0.3) is 0 Å². The zero-order chi connectivity index (χ0) is 21.0. The van der Waals surface area contributed by atoms with Crippen molar-refractivity contribution in [1.82, 2.24) is 14.7 Å². The molecule has 1 aromatic rings. The van der Waals surface area contributed by atoms with Crippen LogP contribution in [0, 0.1) is 19.8 Å². The first-order valence-corrected chi connectivity index (χ1v) is 10.7. The van der Waals surface area contributed by atoms with Crippen molar-refractivity contribution in [3.05, 3.63) is 34.9 Å². The summed E-state index contributed by atoms with van der Waals surface area (Å²) < 4.78 is 0. The van der Waals surface area contributed by atoms with Gasteiger partial charge in [0.25, 0.3) is 0 Å². The van der Waals surface area contributed by atoms with Crippen LogP contribution in [-0.2, 0) is 9.59 Å². The van der Waals surface area contributed by atoms with E-state index in [0.717, 1.165) is 50.1 Å². The van der Waals surface area contributed by atoms with E-state index in [1.54, 1.807) is 0 Å². The number of ketones is 1. The molecule has 2 aliphatic heterocycles. The second-order valence-electron chi connectivity index (χ2n) is 8.51. The van der Waals surface area contributed by atoms with Gasteiger partial charge in [-0.05, 0) is 50.9 Å². The largest absolute Gasteiger partial charge is 0.343 e. The second-order valence-corrected chi connectivity index (χ2v) is 8.51. The van der Waals surface area contributed by atoms with Gasteiger partial charge in [-0.1, -0.05) is 12.1 Å². The molecule has 0 atom stereocenters. The first-order chi connectivity index (χ1) is 13.8. The number of likely N-dealkylation sites (N-methyl/N-ethyl adjacent to an activating group) is 1. The molecule has 0 unspecified atom stereocenters. The molecule has 0 spiro atoms. The van der Waals surface area contributed by atoms with E-state index < -0.39 is 0 Å². The third-order valence-electron chi connectivity index (χ3n) is 6.41. The monoisotopic (exact) mass is 399 g/mol. The van der Waals surface area contributed by atoms with Crippen molar-refractivity contribution in [2.24, 2.45) is 5.92 Å². The molecule has 2 heterocycles. The van der Waals surface area contributed by atoms with Crippen LogP contribution in [0.4, 0.5) is 0 Å². The number of Topliss-reactive ketones (excluding diaryl/α,β-unsaturated/α-hetero) is 1. The maximum Gasteiger partial charge on any atom is 0.225 e. The minimum atomic E-state index is 0.0154. The molecule has 2 saturated heterocycles. The minimum Gasteiger partial charge on any atom is -0.343 e. The van der Waals surface area contributed by atoms with Gasteiger partial charge in [0.1, 0.15) is 0 Å². The van der Waals surface area contributed by atoms with Crippen LogP contribution in [0.5, 0.6) is 0 Å². The van der Waals surface area contributed by atoms with Crippen molar-refractivity contribution < 1.29 is 14.4 Å². The number of carbonyl (C=O) groups is 3. The summed E-state index contributed by atoms with van der Waals surface area (Å²) in [5.41, 5.74) is 2.93. The topological polar surface area (TPSA) is 60.9 Å². The smallest absolute Gasteiger partial charge is 0.225 e. The van der Waals surface area contributed by atoms with Gasteiger partial charge in [-0.25, -0.2) is 0 Å². The van der Waals surface area contributed by atoms with Crippen LogP contribution in [0.1, 0.15) is 47.2 Å². The number of piperidine rings is 1. The van der Waals surface area contributed by atoms with Crippen LogP contribution in [0.15, 0.2) is 18.2 Å². The van der Waals surface area contributed by atoms with Gasteiger partial charge < -0.3 is 14.7 Å². The van der Waals surface area contributed by atoms with E-state index in [0.29, 0.717) is 18.7 Å². The van der Waals surface area contributed by atoms with E-state index >= 15 is 0 Å². The maximum absolute atomic E-state index is 12.7. The summed E-state index contributed by atoms with van der Waals surface area (Å²) in [4.78, 5) is 43.7. The van der Waals surface area contributed by atoms with Crippen molar-refractivity contribution >= 4 is 17.6 Å². The standard InChI is InChI=1S/C23H33N3O3/c1-17-4-5-20(16-18(17)2)21(27)6-7-22(28)25-10-8-19(9-11-25)23(29)26-14-12-24(3)13-15-26/h4-5,16,19H,6-15H2,1-3H3. The van der Waals surface area contributed by atoms with E-state index in [-0.39, 0.29) is 36.4 Å². The quantitative estimate of drug-likeness (QED) is 0.713. The van der Waals surface area contributed by atoms with E-state index in [1.807, 2.05) is 41.8 Å². The van der Waals surface area contributed by atoms with Crippen LogP contribution in [0.3, 0.4) is 0 Å². The van der Waals surface area contributed by atoms with Gasteiger partial charge in [0.15, 0.2) is 5.78 Å². The van der Waals surface area contributed by atoms with Crippen LogP contribution >= 0.6 is 0 Å². The van der Waals surface area contributed by atoms with Crippen LogP contribution in [-0.4, -0.2) is 78.6 Å². The molecule has 2 fully saturated rings. The summed E-state index contributed by atoms with van der Waals surface area (Å²) in [5.74, 6) is 0.309. The normalized spacial score (nSPS) is 18.7. The van der Waals surface area contributed by atoms with Crippen LogP contribution < -0.4 is 0 Å². The molecule has 3 rings (SSSR count). The molecular weight excluding hydrogens is 366 g/mol. The highest BCUT2D eigenvalue weighted by Gasteiger charge is 2.31. The van der Waals surface area contributed by atoms with Gasteiger partial charge in [0.05, 0.1) is 0 Å². The second kappa shape index (κ2) is 9.53. The SMILES string of the molecule is Cc1ccc(C(=O)CCC(=O)N2CCC(C(=O)N3CCN(C)CC3)CC2)cc1C. The minimum absolute atomic E-state index is 0.0154. The summed E-state index contributed by atoms with van der Waals surface area (Å²) in [7, 11) is 2.08. The highest BCUT2D eigenvalue weighted by molar-refractivity contribution is 5.98. The van der Waals surface area contributed by atoms with E-state index in [4.69, 9.17) is 0 Å². The maximum atomic E-state index is 12.7. The Hall–Kier alpha value is -2.21. The average molecular weight is 400 g/mol. The summed E-state index contributed by atoms with van der Waals surface area (Å²) in [5, 5.41) is 0. The zero-order valence-electron chi connectivity index (χ0n) is 17.9. The van der Waals surface area contributed by atoms with Crippen molar-refractivity contribution in [2.75, 3.05) is 46.3 Å².